The van der Waals surface area contributed by atoms with Crippen LogP contribution in [0.3, 0.4) is 0 Å². The van der Waals surface area contributed by atoms with E-state index >= 15 is 0 Å². The molecule has 0 radical (unpaired) electrons. The number of benzene rings is 1. The Balaban J connectivity index is 2.08. The van der Waals surface area contributed by atoms with Gasteiger partial charge in [-0.05, 0) is 37.6 Å². The van der Waals surface area contributed by atoms with Gasteiger partial charge in [0.25, 0.3) is 5.91 Å². The van der Waals surface area contributed by atoms with Crippen molar-refractivity contribution in [1.82, 2.24) is 9.88 Å². The number of thiazole rings is 1. The lowest BCUT2D eigenvalue weighted by atomic mass is 10.2. The first kappa shape index (κ1) is 16.5. The number of rotatable bonds is 6. The maximum absolute atomic E-state index is 12.3. The molecule has 2 rings (SSSR count). The number of aliphatic hydroxyl groups excluding tert-OH is 1. The zero-order valence-electron chi connectivity index (χ0n) is 12.9. The smallest absolute Gasteiger partial charge is 0.273 e. The Morgan fingerprint density at radius 2 is 2.09 bits per heavy atom. The molecule has 1 unspecified atom stereocenters. The average Bonchev–Trinajstić information content (AvgIpc) is 3.01. The number of carbonyl (C=O) groups is 1. The first-order chi connectivity index (χ1) is 10.5. The average molecular weight is 320 g/mol. The molecule has 1 N–H and O–H groups in total. The van der Waals surface area contributed by atoms with Gasteiger partial charge in [0.05, 0.1) is 13.2 Å². The number of hydrogen-bond donors (Lipinski definition) is 1. The highest BCUT2D eigenvalue weighted by Crippen LogP contribution is 2.26. The van der Waals surface area contributed by atoms with Gasteiger partial charge in [0.1, 0.15) is 16.5 Å². The molecule has 118 valence electrons. The number of nitrogens with zero attached hydrogens (tertiary/aromatic N) is 2. The quantitative estimate of drug-likeness (QED) is 0.889. The molecule has 2 aromatic rings. The second-order valence-electron chi connectivity index (χ2n) is 5.13. The van der Waals surface area contributed by atoms with Crippen molar-refractivity contribution in [2.75, 3.05) is 20.7 Å². The van der Waals surface area contributed by atoms with E-state index in [1.54, 1.807) is 31.4 Å². The van der Waals surface area contributed by atoms with Gasteiger partial charge in [-0.1, -0.05) is 0 Å². The molecule has 0 aliphatic heterocycles. The molecule has 1 atom stereocenters. The number of aromatic nitrogens is 1. The summed E-state index contributed by atoms with van der Waals surface area (Å²) in [5.74, 6) is 0.658. The van der Waals surface area contributed by atoms with Crippen molar-refractivity contribution in [3.63, 3.8) is 0 Å². The molecule has 1 aromatic carbocycles. The van der Waals surface area contributed by atoms with Crippen LogP contribution in [-0.2, 0) is 0 Å². The van der Waals surface area contributed by atoms with Crippen LogP contribution >= 0.6 is 11.3 Å². The van der Waals surface area contributed by atoms with Crippen LogP contribution in [0.4, 0.5) is 0 Å². The van der Waals surface area contributed by atoms with Crippen LogP contribution in [-0.4, -0.2) is 47.7 Å². The summed E-state index contributed by atoms with van der Waals surface area (Å²) in [6.45, 7) is 2.22. The van der Waals surface area contributed by atoms with Gasteiger partial charge in [0.15, 0.2) is 0 Å². The van der Waals surface area contributed by atoms with Gasteiger partial charge in [-0.3, -0.25) is 4.79 Å². The van der Waals surface area contributed by atoms with Crippen LogP contribution in [0.1, 0.15) is 23.8 Å². The van der Waals surface area contributed by atoms with Crippen molar-refractivity contribution in [1.29, 1.82) is 0 Å². The lowest BCUT2D eigenvalue weighted by Crippen LogP contribution is -2.29. The Hall–Kier alpha value is -1.92. The summed E-state index contributed by atoms with van der Waals surface area (Å²) in [7, 11) is 3.34. The van der Waals surface area contributed by atoms with Gasteiger partial charge in [-0.15, -0.1) is 11.3 Å². The molecular weight excluding hydrogens is 300 g/mol. The predicted molar refractivity (Wildman–Crippen MR) is 87.4 cm³/mol. The van der Waals surface area contributed by atoms with Gasteiger partial charge < -0.3 is 14.7 Å². The molecule has 1 aromatic heterocycles. The standard InChI is InChI=1S/C16H20N2O3S/c1-11(19)8-9-18(2)16(20)14-10-22-15(17-14)12-4-6-13(21-3)7-5-12/h4-7,10-11,19H,8-9H2,1-3H3. The lowest BCUT2D eigenvalue weighted by molar-refractivity contribution is 0.0764. The van der Waals surface area contributed by atoms with Crippen LogP contribution in [0.5, 0.6) is 5.75 Å². The number of hydrogen-bond acceptors (Lipinski definition) is 5. The van der Waals surface area contributed by atoms with Crippen LogP contribution in [0.15, 0.2) is 29.6 Å². The minimum atomic E-state index is -0.416. The molecule has 0 aliphatic rings. The van der Waals surface area contributed by atoms with E-state index in [0.29, 0.717) is 18.7 Å². The molecule has 22 heavy (non-hydrogen) atoms. The fourth-order valence-electron chi connectivity index (χ4n) is 1.92. The summed E-state index contributed by atoms with van der Waals surface area (Å²) < 4.78 is 5.13. The molecule has 0 bridgehead atoms. The number of methoxy groups -OCH3 is 1. The Bertz CT molecular complexity index is 623. The summed E-state index contributed by atoms with van der Waals surface area (Å²) in [5, 5.41) is 11.9. The Labute approximate surface area is 134 Å². The van der Waals surface area contributed by atoms with E-state index in [2.05, 4.69) is 4.98 Å². The fourth-order valence-corrected chi connectivity index (χ4v) is 2.72. The zero-order valence-corrected chi connectivity index (χ0v) is 13.8. The summed E-state index contributed by atoms with van der Waals surface area (Å²) >= 11 is 1.44. The molecule has 1 amide bonds. The van der Waals surface area contributed by atoms with Crippen molar-refractivity contribution in [2.45, 2.75) is 19.4 Å². The van der Waals surface area contributed by atoms with Crippen LogP contribution in [0.2, 0.25) is 0 Å². The van der Waals surface area contributed by atoms with Crippen LogP contribution < -0.4 is 4.74 Å². The molecule has 0 aliphatic carbocycles. The van der Waals surface area contributed by atoms with Gasteiger partial charge in [0.2, 0.25) is 0 Å². The van der Waals surface area contributed by atoms with Crippen molar-refractivity contribution in [3.8, 4) is 16.3 Å². The number of amides is 1. The van der Waals surface area contributed by atoms with E-state index in [9.17, 15) is 9.90 Å². The van der Waals surface area contributed by atoms with Gasteiger partial charge in [0, 0.05) is 24.5 Å². The van der Waals surface area contributed by atoms with Crippen molar-refractivity contribution in [3.05, 3.63) is 35.3 Å². The number of ether oxygens (including phenoxy) is 1. The van der Waals surface area contributed by atoms with E-state index in [1.807, 2.05) is 24.3 Å². The minimum absolute atomic E-state index is 0.128. The third-order valence-electron chi connectivity index (χ3n) is 3.29. The predicted octanol–water partition coefficient (Wildman–Crippen LogP) is 2.66. The Morgan fingerprint density at radius 1 is 1.41 bits per heavy atom. The van der Waals surface area contributed by atoms with E-state index in [-0.39, 0.29) is 5.91 Å². The highest BCUT2D eigenvalue weighted by molar-refractivity contribution is 7.13. The monoisotopic (exact) mass is 320 g/mol. The second kappa shape index (κ2) is 7.38. The third-order valence-corrected chi connectivity index (χ3v) is 4.18. The fraction of sp³-hybridized carbons (Fsp3) is 0.375. The Kier molecular flexibility index (Phi) is 5.51. The largest absolute Gasteiger partial charge is 0.497 e. The van der Waals surface area contributed by atoms with Gasteiger partial charge >= 0.3 is 0 Å². The van der Waals surface area contributed by atoms with Gasteiger partial charge in [-0.25, -0.2) is 4.98 Å². The summed E-state index contributed by atoms with van der Waals surface area (Å²) in [6.07, 6.45) is 0.137. The normalized spacial score (nSPS) is 12.0. The first-order valence-electron chi connectivity index (χ1n) is 7.04. The van der Waals surface area contributed by atoms with E-state index in [4.69, 9.17) is 4.74 Å². The SMILES string of the molecule is COc1ccc(-c2nc(C(=O)N(C)CCC(C)O)cs2)cc1. The minimum Gasteiger partial charge on any atom is -0.497 e. The molecule has 0 spiro atoms. The topological polar surface area (TPSA) is 62.7 Å². The van der Waals surface area contributed by atoms with Crippen LogP contribution in [0, 0.1) is 0 Å². The van der Waals surface area contributed by atoms with Crippen molar-refractivity contribution in [2.24, 2.45) is 0 Å². The van der Waals surface area contributed by atoms with Crippen molar-refractivity contribution >= 4 is 17.2 Å². The third kappa shape index (κ3) is 4.05. The lowest BCUT2D eigenvalue weighted by Gasteiger charge is -2.16. The number of carbonyl (C=O) groups excluding carboxylic acids is 1. The zero-order chi connectivity index (χ0) is 16.1. The molecular formula is C16H20N2O3S. The molecule has 0 saturated heterocycles. The van der Waals surface area contributed by atoms with Gasteiger partial charge in [-0.2, -0.15) is 0 Å². The molecule has 5 nitrogen and oxygen atoms in total. The highest BCUT2D eigenvalue weighted by atomic mass is 32.1. The van der Waals surface area contributed by atoms with E-state index in [1.165, 1.54) is 11.3 Å². The summed E-state index contributed by atoms with van der Waals surface area (Å²) in [5.41, 5.74) is 1.39. The maximum atomic E-state index is 12.3. The molecule has 0 saturated carbocycles. The summed E-state index contributed by atoms with van der Waals surface area (Å²) in [6, 6.07) is 7.58. The summed E-state index contributed by atoms with van der Waals surface area (Å²) in [4.78, 5) is 18.3. The molecule has 6 heteroatoms. The number of aliphatic hydroxyl groups is 1. The van der Waals surface area contributed by atoms with E-state index < -0.39 is 6.10 Å². The Morgan fingerprint density at radius 3 is 2.68 bits per heavy atom. The van der Waals surface area contributed by atoms with Crippen molar-refractivity contribution < 1.29 is 14.6 Å². The van der Waals surface area contributed by atoms with E-state index in [0.717, 1.165) is 16.3 Å². The first-order valence-corrected chi connectivity index (χ1v) is 7.92. The van der Waals surface area contributed by atoms with Crippen LogP contribution in [0.25, 0.3) is 10.6 Å². The molecule has 0 fully saturated rings. The highest BCUT2D eigenvalue weighted by Gasteiger charge is 2.16. The maximum Gasteiger partial charge on any atom is 0.273 e. The molecule has 1 heterocycles. The second-order valence-corrected chi connectivity index (χ2v) is 5.99.